The van der Waals surface area contributed by atoms with E-state index in [-0.39, 0.29) is 0 Å². The summed E-state index contributed by atoms with van der Waals surface area (Å²) in [5, 5.41) is 3.27. The topological polar surface area (TPSA) is 53.9 Å². The molecule has 3 aromatic rings. The minimum atomic E-state index is 0.621. The Bertz CT molecular complexity index is 789. The number of hydrogen-bond donors (Lipinski definition) is 1. The van der Waals surface area contributed by atoms with Gasteiger partial charge in [-0.05, 0) is 55.3 Å². The summed E-state index contributed by atoms with van der Waals surface area (Å²) >= 11 is 0. The zero-order valence-corrected chi connectivity index (χ0v) is 14.0. The first-order chi connectivity index (χ1) is 11.8. The molecule has 3 rings (SSSR count). The van der Waals surface area contributed by atoms with Gasteiger partial charge in [0.25, 0.3) is 0 Å². The largest absolute Gasteiger partial charge is 0.350 e. The third-order valence-corrected chi connectivity index (χ3v) is 3.75. The predicted octanol–water partition coefficient (Wildman–Crippen LogP) is 3.95. The van der Waals surface area contributed by atoms with Gasteiger partial charge in [0.1, 0.15) is 5.82 Å². The van der Waals surface area contributed by atoms with E-state index in [0.29, 0.717) is 12.5 Å². The van der Waals surface area contributed by atoms with Gasteiger partial charge in [0.15, 0.2) is 0 Å². The standard InChI is InChI=1S/C19H21N5/c1-3-24(17-6-4-5-15(2)13-17)18-9-12-21-19(23-18)22-14-16-7-10-20-11-8-16/h4-13H,3,14H2,1-2H3,(H,21,22,23). The van der Waals surface area contributed by atoms with Crippen molar-refractivity contribution >= 4 is 17.5 Å². The highest BCUT2D eigenvalue weighted by Crippen LogP contribution is 2.24. The highest BCUT2D eigenvalue weighted by Gasteiger charge is 2.10. The fourth-order valence-electron chi connectivity index (χ4n) is 2.54. The Morgan fingerprint density at radius 1 is 1.04 bits per heavy atom. The number of aromatic nitrogens is 3. The molecule has 5 heteroatoms. The van der Waals surface area contributed by atoms with E-state index in [9.17, 15) is 0 Å². The molecule has 0 amide bonds. The van der Waals surface area contributed by atoms with E-state index in [0.717, 1.165) is 23.6 Å². The lowest BCUT2D eigenvalue weighted by molar-refractivity contribution is 0.965. The Morgan fingerprint density at radius 3 is 2.62 bits per heavy atom. The maximum Gasteiger partial charge on any atom is 0.224 e. The molecule has 0 bridgehead atoms. The van der Waals surface area contributed by atoms with Gasteiger partial charge in [-0.15, -0.1) is 0 Å². The lowest BCUT2D eigenvalue weighted by atomic mass is 10.2. The third kappa shape index (κ3) is 3.87. The van der Waals surface area contributed by atoms with Crippen LogP contribution in [0.2, 0.25) is 0 Å². The van der Waals surface area contributed by atoms with Crippen molar-refractivity contribution in [1.82, 2.24) is 15.0 Å². The average Bonchev–Trinajstić information content (AvgIpc) is 2.62. The van der Waals surface area contributed by atoms with Crippen LogP contribution in [0, 0.1) is 6.92 Å². The van der Waals surface area contributed by atoms with Crippen molar-refractivity contribution in [3.05, 3.63) is 72.2 Å². The summed E-state index contributed by atoms with van der Waals surface area (Å²) in [4.78, 5) is 15.2. The van der Waals surface area contributed by atoms with Gasteiger partial charge < -0.3 is 10.2 Å². The number of nitrogens with one attached hydrogen (secondary N) is 1. The van der Waals surface area contributed by atoms with Gasteiger partial charge in [0.2, 0.25) is 5.95 Å². The van der Waals surface area contributed by atoms with E-state index < -0.39 is 0 Å². The molecule has 0 spiro atoms. The number of pyridine rings is 1. The van der Waals surface area contributed by atoms with Crippen LogP contribution >= 0.6 is 0 Å². The number of rotatable bonds is 6. The van der Waals surface area contributed by atoms with Crippen LogP contribution in [0.25, 0.3) is 0 Å². The van der Waals surface area contributed by atoms with Crippen LogP contribution < -0.4 is 10.2 Å². The number of anilines is 3. The second kappa shape index (κ2) is 7.55. The molecule has 5 nitrogen and oxygen atoms in total. The molecular weight excluding hydrogens is 298 g/mol. The van der Waals surface area contributed by atoms with Crippen molar-refractivity contribution in [3.63, 3.8) is 0 Å². The van der Waals surface area contributed by atoms with Crippen LogP contribution in [0.15, 0.2) is 61.1 Å². The van der Waals surface area contributed by atoms with Gasteiger partial charge in [0.05, 0.1) is 0 Å². The molecule has 0 atom stereocenters. The first kappa shape index (κ1) is 15.9. The van der Waals surface area contributed by atoms with Crippen LogP contribution in [0.4, 0.5) is 17.5 Å². The van der Waals surface area contributed by atoms with Crippen LogP contribution in [0.1, 0.15) is 18.1 Å². The SMILES string of the molecule is CCN(c1cccc(C)c1)c1ccnc(NCc2ccncc2)n1. The summed E-state index contributed by atoms with van der Waals surface area (Å²) in [6, 6.07) is 14.3. The summed E-state index contributed by atoms with van der Waals surface area (Å²) in [7, 11) is 0. The first-order valence-corrected chi connectivity index (χ1v) is 8.06. The van der Waals surface area contributed by atoms with E-state index in [2.05, 4.69) is 63.3 Å². The minimum Gasteiger partial charge on any atom is -0.350 e. The lowest BCUT2D eigenvalue weighted by Gasteiger charge is -2.22. The van der Waals surface area contributed by atoms with Gasteiger partial charge in [-0.3, -0.25) is 4.98 Å². The summed E-state index contributed by atoms with van der Waals surface area (Å²) < 4.78 is 0. The summed E-state index contributed by atoms with van der Waals surface area (Å²) in [5.74, 6) is 1.51. The molecular formula is C19H21N5. The minimum absolute atomic E-state index is 0.621. The lowest BCUT2D eigenvalue weighted by Crippen LogP contribution is -2.18. The Balaban J connectivity index is 1.78. The third-order valence-electron chi connectivity index (χ3n) is 3.75. The van der Waals surface area contributed by atoms with Gasteiger partial charge in [0, 0.05) is 37.4 Å². The molecule has 122 valence electrons. The molecule has 0 fully saturated rings. The Labute approximate surface area is 142 Å². The van der Waals surface area contributed by atoms with E-state index in [1.165, 1.54) is 5.56 Å². The highest BCUT2D eigenvalue weighted by molar-refractivity contribution is 5.61. The second-order valence-corrected chi connectivity index (χ2v) is 5.53. The number of aryl methyl sites for hydroxylation is 1. The molecule has 24 heavy (non-hydrogen) atoms. The van der Waals surface area contributed by atoms with E-state index in [1.54, 1.807) is 18.6 Å². The molecule has 2 aromatic heterocycles. The molecule has 0 unspecified atom stereocenters. The fraction of sp³-hybridized carbons (Fsp3) is 0.211. The molecule has 0 saturated heterocycles. The predicted molar refractivity (Wildman–Crippen MR) is 97.5 cm³/mol. The normalized spacial score (nSPS) is 10.4. The molecule has 0 aliphatic heterocycles. The molecule has 0 aliphatic rings. The van der Waals surface area contributed by atoms with E-state index >= 15 is 0 Å². The van der Waals surface area contributed by atoms with Crippen molar-refractivity contribution in [2.75, 3.05) is 16.8 Å². The fourth-order valence-corrected chi connectivity index (χ4v) is 2.54. The first-order valence-electron chi connectivity index (χ1n) is 8.06. The van der Waals surface area contributed by atoms with Crippen molar-refractivity contribution < 1.29 is 0 Å². The van der Waals surface area contributed by atoms with Crippen LogP contribution in [-0.2, 0) is 6.54 Å². The number of nitrogens with zero attached hydrogens (tertiary/aromatic N) is 4. The maximum atomic E-state index is 4.65. The van der Waals surface area contributed by atoms with Crippen LogP contribution in [0.3, 0.4) is 0 Å². The molecule has 2 heterocycles. The van der Waals surface area contributed by atoms with Crippen molar-refractivity contribution in [2.45, 2.75) is 20.4 Å². The molecule has 1 N–H and O–H groups in total. The summed E-state index contributed by atoms with van der Waals surface area (Å²) in [6.45, 7) is 5.72. The van der Waals surface area contributed by atoms with E-state index in [1.807, 2.05) is 18.2 Å². The Kier molecular flexibility index (Phi) is 5.01. The number of hydrogen-bond acceptors (Lipinski definition) is 5. The molecule has 0 saturated carbocycles. The van der Waals surface area contributed by atoms with Crippen molar-refractivity contribution in [1.29, 1.82) is 0 Å². The van der Waals surface area contributed by atoms with E-state index in [4.69, 9.17) is 0 Å². The molecule has 0 aliphatic carbocycles. The van der Waals surface area contributed by atoms with Gasteiger partial charge in [-0.2, -0.15) is 4.98 Å². The average molecular weight is 319 g/mol. The van der Waals surface area contributed by atoms with Gasteiger partial charge >= 0.3 is 0 Å². The van der Waals surface area contributed by atoms with Gasteiger partial charge in [-0.1, -0.05) is 12.1 Å². The Morgan fingerprint density at radius 2 is 1.88 bits per heavy atom. The van der Waals surface area contributed by atoms with Crippen molar-refractivity contribution in [3.8, 4) is 0 Å². The summed E-state index contributed by atoms with van der Waals surface area (Å²) in [6.07, 6.45) is 5.35. The van der Waals surface area contributed by atoms with Gasteiger partial charge in [-0.25, -0.2) is 4.98 Å². The van der Waals surface area contributed by atoms with Crippen molar-refractivity contribution in [2.24, 2.45) is 0 Å². The molecule has 0 radical (unpaired) electrons. The quantitative estimate of drug-likeness (QED) is 0.745. The smallest absolute Gasteiger partial charge is 0.224 e. The highest BCUT2D eigenvalue weighted by atomic mass is 15.2. The van der Waals surface area contributed by atoms with Crippen LogP contribution in [-0.4, -0.2) is 21.5 Å². The Hall–Kier alpha value is -2.95. The van der Waals surface area contributed by atoms with Crippen LogP contribution in [0.5, 0.6) is 0 Å². The maximum absolute atomic E-state index is 4.65. The second-order valence-electron chi connectivity index (χ2n) is 5.53. The monoisotopic (exact) mass is 319 g/mol. The summed E-state index contributed by atoms with van der Waals surface area (Å²) in [5.41, 5.74) is 3.51. The zero-order chi connectivity index (χ0) is 16.8. The molecule has 1 aromatic carbocycles. The zero-order valence-electron chi connectivity index (χ0n) is 14.0. The number of benzene rings is 1.